The Balaban J connectivity index is 2.33. The van der Waals surface area contributed by atoms with E-state index in [2.05, 4.69) is 20.8 Å². The predicted molar refractivity (Wildman–Crippen MR) is 59.9 cm³/mol. The summed E-state index contributed by atoms with van der Waals surface area (Å²) >= 11 is 0. The van der Waals surface area contributed by atoms with Crippen LogP contribution in [0.1, 0.15) is 40.0 Å². The Bertz CT molecular complexity index is 178. The van der Waals surface area contributed by atoms with Gasteiger partial charge in [-0.15, -0.1) is 0 Å². The molecule has 90 valence electrons. The molecule has 0 bridgehead atoms. The van der Waals surface area contributed by atoms with Gasteiger partial charge in [0.25, 0.3) is 0 Å². The number of hydrogen-bond acceptors (Lipinski definition) is 3. The average Bonchev–Trinajstić information content (AvgIpc) is 2.17. The highest BCUT2D eigenvalue weighted by Gasteiger charge is 2.31. The average molecular weight is 216 g/mol. The second-order valence-corrected chi connectivity index (χ2v) is 5.48. The highest BCUT2D eigenvalue weighted by atomic mass is 16.5. The third-order valence-corrected chi connectivity index (χ3v) is 3.06. The molecule has 3 nitrogen and oxygen atoms in total. The van der Waals surface area contributed by atoms with Crippen LogP contribution in [-0.2, 0) is 9.47 Å². The zero-order chi connectivity index (χ0) is 11.4. The number of aliphatic hydroxyl groups excluding tert-OH is 1. The van der Waals surface area contributed by atoms with Gasteiger partial charge >= 0.3 is 0 Å². The molecule has 1 aliphatic rings. The Hall–Kier alpha value is -0.120. The second kappa shape index (κ2) is 5.28. The van der Waals surface area contributed by atoms with Crippen molar-refractivity contribution in [2.24, 2.45) is 5.41 Å². The van der Waals surface area contributed by atoms with Crippen molar-refractivity contribution in [3.8, 4) is 0 Å². The zero-order valence-corrected chi connectivity index (χ0v) is 10.2. The fourth-order valence-corrected chi connectivity index (χ4v) is 1.87. The fourth-order valence-electron chi connectivity index (χ4n) is 1.87. The Kier molecular flexibility index (Phi) is 4.56. The zero-order valence-electron chi connectivity index (χ0n) is 10.2. The molecule has 0 aromatic heterocycles. The van der Waals surface area contributed by atoms with Gasteiger partial charge in [-0.2, -0.15) is 0 Å². The van der Waals surface area contributed by atoms with Gasteiger partial charge in [-0.3, -0.25) is 0 Å². The minimum atomic E-state index is -0.0815. The van der Waals surface area contributed by atoms with E-state index in [-0.39, 0.29) is 17.6 Å². The lowest BCUT2D eigenvalue weighted by molar-refractivity contribution is -0.0600. The summed E-state index contributed by atoms with van der Waals surface area (Å²) in [6, 6.07) is 0. The number of ether oxygens (including phenoxy) is 2. The van der Waals surface area contributed by atoms with Crippen LogP contribution < -0.4 is 0 Å². The third-order valence-electron chi connectivity index (χ3n) is 3.06. The summed E-state index contributed by atoms with van der Waals surface area (Å²) in [5.74, 6) is 0. The van der Waals surface area contributed by atoms with Crippen LogP contribution in [0.4, 0.5) is 0 Å². The van der Waals surface area contributed by atoms with Crippen molar-refractivity contribution in [1.29, 1.82) is 0 Å². The number of aliphatic hydroxyl groups is 1. The van der Waals surface area contributed by atoms with E-state index >= 15 is 0 Å². The second-order valence-electron chi connectivity index (χ2n) is 5.48. The van der Waals surface area contributed by atoms with E-state index in [1.54, 1.807) is 0 Å². The molecule has 1 rings (SSSR count). The molecule has 0 aromatic carbocycles. The molecule has 3 heteroatoms. The number of hydrogen-bond donors (Lipinski definition) is 1. The van der Waals surface area contributed by atoms with Gasteiger partial charge in [0, 0.05) is 31.8 Å². The maximum atomic E-state index is 9.46. The van der Waals surface area contributed by atoms with Crippen LogP contribution in [-0.4, -0.2) is 37.1 Å². The van der Waals surface area contributed by atoms with Gasteiger partial charge in [-0.1, -0.05) is 0 Å². The highest BCUT2D eigenvalue weighted by molar-refractivity contribution is 4.81. The molecule has 0 aliphatic carbocycles. The predicted octanol–water partition coefficient (Wildman–Crippen LogP) is 1.98. The van der Waals surface area contributed by atoms with E-state index in [4.69, 9.17) is 9.47 Å². The molecule has 0 amide bonds. The van der Waals surface area contributed by atoms with E-state index in [0.29, 0.717) is 0 Å². The van der Waals surface area contributed by atoms with Crippen LogP contribution in [0.5, 0.6) is 0 Å². The molecule has 0 radical (unpaired) electrons. The molecule has 1 aliphatic heterocycles. The molecule has 0 unspecified atom stereocenters. The summed E-state index contributed by atoms with van der Waals surface area (Å²) in [6.07, 6.45) is 2.85. The Morgan fingerprint density at radius 1 is 1.27 bits per heavy atom. The summed E-state index contributed by atoms with van der Waals surface area (Å²) in [4.78, 5) is 0. The Morgan fingerprint density at radius 3 is 2.33 bits per heavy atom. The summed E-state index contributed by atoms with van der Waals surface area (Å²) in [5.41, 5.74) is -0.0364. The maximum Gasteiger partial charge on any atom is 0.0598 e. The topological polar surface area (TPSA) is 38.7 Å². The molecule has 15 heavy (non-hydrogen) atoms. The number of rotatable bonds is 4. The van der Waals surface area contributed by atoms with Crippen LogP contribution in [0.15, 0.2) is 0 Å². The molecule has 0 saturated carbocycles. The van der Waals surface area contributed by atoms with E-state index in [0.717, 1.165) is 39.1 Å². The normalized spacial score (nSPS) is 21.6. The molecular formula is C12H24O3. The van der Waals surface area contributed by atoms with Crippen LogP contribution >= 0.6 is 0 Å². The van der Waals surface area contributed by atoms with E-state index in [1.807, 2.05) is 0 Å². The van der Waals surface area contributed by atoms with Crippen molar-refractivity contribution >= 4 is 0 Å². The fraction of sp³-hybridized carbons (Fsp3) is 1.00. The van der Waals surface area contributed by atoms with Gasteiger partial charge in [0.15, 0.2) is 0 Å². The summed E-state index contributed by atoms with van der Waals surface area (Å²) < 4.78 is 11.0. The Labute approximate surface area is 92.8 Å². The lowest BCUT2D eigenvalue weighted by Crippen LogP contribution is -2.35. The van der Waals surface area contributed by atoms with E-state index < -0.39 is 0 Å². The van der Waals surface area contributed by atoms with Crippen molar-refractivity contribution in [2.45, 2.75) is 45.6 Å². The van der Waals surface area contributed by atoms with Crippen LogP contribution in [0.3, 0.4) is 0 Å². The van der Waals surface area contributed by atoms with Crippen molar-refractivity contribution < 1.29 is 14.6 Å². The molecule has 1 N–H and O–H groups in total. The molecule has 0 spiro atoms. The van der Waals surface area contributed by atoms with Crippen molar-refractivity contribution in [1.82, 2.24) is 0 Å². The maximum absolute atomic E-state index is 9.46. The summed E-state index contributed by atoms with van der Waals surface area (Å²) in [7, 11) is 0. The molecule has 1 saturated heterocycles. The smallest absolute Gasteiger partial charge is 0.0598 e. The highest BCUT2D eigenvalue weighted by Crippen LogP contribution is 2.33. The lowest BCUT2D eigenvalue weighted by atomic mass is 9.78. The van der Waals surface area contributed by atoms with Gasteiger partial charge in [-0.05, 0) is 40.0 Å². The summed E-state index contributed by atoms with van der Waals surface area (Å²) in [6.45, 7) is 8.70. The van der Waals surface area contributed by atoms with E-state index in [1.165, 1.54) is 0 Å². The standard InChI is InChI=1S/C12H24O3/c1-11(2,3)15-9-6-12(10-13)4-7-14-8-5-12/h13H,4-10H2,1-3H3. The molecule has 1 heterocycles. The first-order valence-corrected chi connectivity index (χ1v) is 5.80. The van der Waals surface area contributed by atoms with Gasteiger partial charge < -0.3 is 14.6 Å². The van der Waals surface area contributed by atoms with Gasteiger partial charge in [0.05, 0.1) is 5.60 Å². The largest absolute Gasteiger partial charge is 0.396 e. The lowest BCUT2D eigenvalue weighted by Gasteiger charge is -2.36. The monoisotopic (exact) mass is 216 g/mol. The van der Waals surface area contributed by atoms with Gasteiger partial charge in [0.1, 0.15) is 0 Å². The van der Waals surface area contributed by atoms with Crippen LogP contribution in [0, 0.1) is 5.41 Å². The molecular weight excluding hydrogens is 192 g/mol. The van der Waals surface area contributed by atoms with Gasteiger partial charge in [-0.25, -0.2) is 0 Å². The van der Waals surface area contributed by atoms with Crippen molar-refractivity contribution in [2.75, 3.05) is 26.4 Å². The first-order valence-electron chi connectivity index (χ1n) is 5.80. The van der Waals surface area contributed by atoms with Crippen LogP contribution in [0.2, 0.25) is 0 Å². The minimum absolute atomic E-state index is 0.0451. The molecule has 1 fully saturated rings. The summed E-state index contributed by atoms with van der Waals surface area (Å²) in [5, 5.41) is 9.46. The van der Waals surface area contributed by atoms with E-state index in [9.17, 15) is 5.11 Å². The first-order chi connectivity index (χ1) is 6.97. The van der Waals surface area contributed by atoms with Crippen molar-refractivity contribution in [3.63, 3.8) is 0 Å². The quantitative estimate of drug-likeness (QED) is 0.781. The first kappa shape index (κ1) is 12.9. The van der Waals surface area contributed by atoms with Crippen LogP contribution in [0.25, 0.3) is 0 Å². The van der Waals surface area contributed by atoms with Gasteiger partial charge in [0.2, 0.25) is 0 Å². The SMILES string of the molecule is CC(C)(C)OCCC1(CO)CCOCC1. The Morgan fingerprint density at radius 2 is 1.87 bits per heavy atom. The third kappa shape index (κ3) is 4.49. The minimum Gasteiger partial charge on any atom is -0.396 e. The molecule has 0 atom stereocenters. The van der Waals surface area contributed by atoms with Crippen molar-refractivity contribution in [3.05, 3.63) is 0 Å². The molecule has 0 aromatic rings.